The Bertz CT molecular complexity index is 1120. The van der Waals surface area contributed by atoms with Crippen molar-refractivity contribution in [1.82, 2.24) is 14.9 Å². The van der Waals surface area contributed by atoms with Gasteiger partial charge in [0.1, 0.15) is 5.01 Å². The summed E-state index contributed by atoms with van der Waals surface area (Å²) in [6, 6.07) is 16.9. The topological polar surface area (TPSA) is 75.2 Å². The molecule has 0 aliphatic rings. The third-order valence-electron chi connectivity index (χ3n) is 4.28. The number of thiazole rings is 2. The van der Waals surface area contributed by atoms with Gasteiger partial charge in [0, 0.05) is 18.0 Å². The summed E-state index contributed by atoms with van der Waals surface area (Å²) < 4.78 is 1.11. The van der Waals surface area contributed by atoms with Crippen molar-refractivity contribution in [2.45, 2.75) is 13.0 Å². The third kappa shape index (κ3) is 4.67. The lowest BCUT2D eigenvalue weighted by Gasteiger charge is -2.14. The molecular weight excluding hydrogens is 404 g/mol. The maximum atomic E-state index is 12.6. The van der Waals surface area contributed by atoms with Crippen molar-refractivity contribution >= 4 is 49.8 Å². The molecule has 0 spiro atoms. The van der Waals surface area contributed by atoms with Gasteiger partial charge in [-0.1, -0.05) is 30.3 Å². The maximum Gasteiger partial charge on any atom is 0.257 e. The molecule has 29 heavy (non-hydrogen) atoms. The molecule has 4 aromatic rings. The molecule has 0 bridgehead atoms. The number of nitrogens with zero attached hydrogens (tertiary/aromatic N) is 3. The van der Waals surface area contributed by atoms with Gasteiger partial charge in [0.25, 0.3) is 5.91 Å². The second-order valence-electron chi connectivity index (χ2n) is 6.47. The van der Waals surface area contributed by atoms with Crippen LogP contribution in [0.5, 0.6) is 0 Å². The Labute approximate surface area is 175 Å². The van der Waals surface area contributed by atoms with Gasteiger partial charge in [0.2, 0.25) is 5.91 Å². The second-order valence-corrected chi connectivity index (χ2v) is 8.44. The summed E-state index contributed by atoms with van der Waals surface area (Å²) in [4.78, 5) is 35.4. The van der Waals surface area contributed by atoms with Crippen molar-refractivity contribution in [2.24, 2.45) is 0 Å². The van der Waals surface area contributed by atoms with Gasteiger partial charge in [-0.25, -0.2) is 9.97 Å². The highest BCUT2D eigenvalue weighted by molar-refractivity contribution is 7.18. The number of para-hydroxylation sites is 1. The van der Waals surface area contributed by atoms with E-state index in [4.69, 9.17) is 0 Å². The Morgan fingerprint density at radius 1 is 1.03 bits per heavy atom. The molecule has 0 fully saturated rings. The molecule has 0 radical (unpaired) electrons. The summed E-state index contributed by atoms with van der Waals surface area (Å²) in [5.74, 6) is -0.263. The second kappa shape index (κ2) is 8.50. The van der Waals surface area contributed by atoms with E-state index in [2.05, 4.69) is 15.3 Å². The molecule has 1 N–H and O–H groups in total. The first-order valence-corrected chi connectivity index (χ1v) is 10.7. The van der Waals surface area contributed by atoms with E-state index < -0.39 is 0 Å². The van der Waals surface area contributed by atoms with Crippen LogP contribution in [0.1, 0.15) is 21.1 Å². The molecule has 2 amide bonds. The fourth-order valence-corrected chi connectivity index (χ4v) is 4.50. The lowest BCUT2D eigenvalue weighted by Crippen LogP contribution is -2.27. The van der Waals surface area contributed by atoms with E-state index in [1.54, 1.807) is 40.8 Å². The number of anilines is 1. The van der Waals surface area contributed by atoms with E-state index in [9.17, 15) is 9.59 Å². The van der Waals surface area contributed by atoms with Gasteiger partial charge in [0.15, 0.2) is 5.13 Å². The number of hydrogen-bond acceptors (Lipinski definition) is 6. The molecular formula is C21H18N4O2S2. The normalized spacial score (nSPS) is 10.8. The fraction of sp³-hybridized carbons (Fsp3) is 0.143. The number of benzene rings is 2. The molecule has 2 aromatic carbocycles. The largest absolute Gasteiger partial charge is 0.339 e. The number of carbonyl (C=O) groups excluding carboxylic acids is 2. The number of rotatable bonds is 6. The van der Waals surface area contributed by atoms with E-state index in [1.807, 2.05) is 42.5 Å². The van der Waals surface area contributed by atoms with Gasteiger partial charge >= 0.3 is 0 Å². The molecule has 0 atom stereocenters. The van der Waals surface area contributed by atoms with Crippen LogP contribution in [0.25, 0.3) is 10.2 Å². The SMILES string of the molecule is CN(Cc1nc2ccccc2s1)C(=O)Cc1csc(NC(=O)c2ccccc2)n1. The third-order valence-corrected chi connectivity index (χ3v) is 6.10. The van der Waals surface area contributed by atoms with Crippen LogP contribution in [0, 0.1) is 0 Å². The quantitative estimate of drug-likeness (QED) is 0.505. The molecule has 0 aliphatic carbocycles. The summed E-state index contributed by atoms with van der Waals surface area (Å²) in [7, 11) is 1.76. The first-order valence-electron chi connectivity index (χ1n) is 8.98. The molecule has 0 aliphatic heterocycles. The highest BCUT2D eigenvalue weighted by Gasteiger charge is 2.15. The van der Waals surface area contributed by atoms with Crippen molar-refractivity contribution in [1.29, 1.82) is 0 Å². The van der Waals surface area contributed by atoms with E-state index >= 15 is 0 Å². The van der Waals surface area contributed by atoms with Gasteiger partial charge in [-0.05, 0) is 24.3 Å². The summed E-state index contributed by atoms with van der Waals surface area (Å²) in [5, 5.41) is 5.95. The van der Waals surface area contributed by atoms with Crippen LogP contribution < -0.4 is 5.32 Å². The van der Waals surface area contributed by atoms with Crippen molar-refractivity contribution < 1.29 is 9.59 Å². The predicted molar refractivity (Wildman–Crippen MR) is 116 cm³/mol. The average molecular weight is 423 g/mol. The van der Waals surface area contributed by atoms with Crippen molar-refractivity contribution in [2.75, 3.05) is 12.4 Å². The number of fused-ring (bicyclic) bond motifs is 1. The van der Waals surface area contributed by atoms with Crippen LogP contribution in [0.15, 0.2) is 60.0 Å². The molecule has 0 unspecified atom stereocenters. The van der Waals surface area contributed by atoms with E-state index in [0.29, 0.717) is 22.9 Å². The minimum Gasteiger partial charge on any atom is -0.339 e. The molecule has 146 valence electrons. The predicted octanol–water partition coefficient (Wildman–Crippen LogP) is 4.21. The first kappa shape index (κ1) is 19.2. The number of amides is 2. The van der Waals surface area contributed by atoms with Crippen molar-refractivity contribution in [3.63, 3.8) is 0 Å². The zero-order valence-electron chi connectivity index (χ0n) is 15.7. The van der Waals surface area contributed by atoms with Crippen LogP contribution in [0.3, 0.4) is 0 Å². The van der Waals surface area contributed by atoms with Gasteiger partial charge < -0.3 is 4.90 Å². The average Bonchev–Trinajstić information content (AvgIpc) is 3.34. The lowest BCUT2D eigenvalue weighted by atomic mass is 10.2. The van der Waals surface area contributed by atoms with Crippen LogP contribution >= 0.6 is 22.7 Å². The van der Waals surface area contributed by atoms with Crippen LogP contribution in [0.4, 0.5) is 5.13 Å². The molecule has 8 heteroatoms. The zero-order valence-corrected chi connectivity index (χ0v) is 17.3. The Hall–Kier alpha value is -3.10. The van der Waals surface area contributed by atoms with Gasteiger partial charge in [-0.2, -0.15) is 0 Å². The first-order chi connectivity index (χ1) is 14.1. The molecule has 2 aromatic heterocycles. The smallest absolute Gasteiger partial charge is 0.257 e. The Balaban J connectivity index is 1.35. The summed E-state index contributed by atoms with van der Waals surface area (Å²) in [5.41, 5.74) is 2.15. The molecule has 6 nitrogen and oxygen atoms in total. The number of nitrogens with one attached hydrogen (secondary N) is 1. The highest BCUT2D eigenvalue weighted by Crippen LogP contribution is 2.23. The van der Waals surface area contributed by atoms with Crippen LogP contribution in [0.2, 0.25) is 0 Å². The Morgan fingerprint density at radius 2 is 1.79 bits per heavy atom. The zero-order chi connectivity index (χ0) is 20.2. The van der Waals surface area contributed by atoms with Crippen molar-refractivity contribution in [3.8, 4) is 0 Å². The Morgan fingerprint density at radius 3 is 2.59 bits per heavy atom. The van der Waals surface area contributed by atoms with Gasteiger partial charge in [-0.3, -0.25) is 14.9 Å². The van der Waals surface area contributed by atoms with Gasteiger partial charge in [-0.15, -0.1) is 22.7 Å². The number of hydrogen-bond donors (Lipinski definition) is 1. The van der Waals surface area contributed by atoms with Gasteiger partial charge in [0.05, 0.1) is 28.9 Å². The van der Waals surface area contributed by atoms with Crippen LogP contribution in [-0.2, 0) is 17.8 Å². The minimum absolute atomic E-state index is 0.0458. The monoisotopic (exact) mass is 422 g/mol. The maximum absolute atomic E-state index is 12.6. The minimum atomic E-state index is -0.217. The molecule has 2 heterocycles. The van der Waals surface area contributed by atoms with E-state index in [-0.39, 0.29) is 18.2 Å². The number of carbonyl (C=O) groups is 2. The molecule has 0 saturated carbocycles. The van der Waals surface area contributed by atoms with E-state index in [0.717, 1.165) is 15.2 Å². The summed E-state index contributed by atoms with van der Waals surface area (Å²) >= 11 is 2.90. The lowest BCUT2D eigenvalue weighted by molar-refractivity contribution is -0.129. The number of aromatic nitrogens is 2. The summed E-state index contributed by atoms with van der Waals surface area (Å²) in [6.07, 6.45) is 0.180. The fourth-order valence-electron chi connectivity index (χ4n) is 2.77. The van der Waals surface area contributed by atoms with E-state index in [1.165, 1.54) is 11.3 Å². The Kier molecular flexibility index (Phi) is 5.64. The molecule has 0 saturated heterocycles. The standard InChI is InChI=1S/C21H18N4O2S2/c1-25(12-18-23-16-9-5-6-10-17(16)29-18)19(26)11-15-13-28-21(22-15)24-20(27)14-7-3-2-4-8-14/h2-10,13H,11-12H2,1H3,(H,22,24,27). The van der Waals surface area contributed by atoms with Crippen molar-refractivity contribution in [3.05, 3.63) is 76.2 Å². The summed E-state index contributed by atoms with van der Waals surface area (Å²) in [6.45, 7) is 0.458. The molecule has 4 rings (SSSR count). The number of likely N-dealkylation sites (N-methyl/N-ethyl adjacent to an activating group) is 1. The highest BCUT2D eigenvalue weighted by atomic mass is 32.1. The van der Waals surface area contributed by atoms with Crippen LogP contribution in [-0.4, -0.2) is 33.7 Å².